The van der Waals surface area contributed by atoms with Crippen LogP contribution in [0.2, 0.25) is 0 Å². The normalized spacial score (nSPS) is 11.9. The molecule has 1 unspecified atom stereocenters. The van der Waals surface area contributed by atoms with E-state index in [-0.39, 0.29) is 6.61 Å². The fourth-order valence-electron chi connectivity index (χ4n) is 2.24. The molecule has 0 bridgehead atoms. The van der Waals surface area contributed by atoms with Gasteiger partial charge in [0.2, 0.25) is 5.91 Å². The maximum atomic E-state index is 11.7. The molecule has 2 aromatic carbocycles. The van der Waals surface area contributed by atoms with Crippen LogP contribution in [-0.2, 0) is 16.1 Å². The average molecular weight is 300 g/mol. The third kappa shape index (κ3) is 4.22. The number of nitrogens with two attached hydrogens (primary N) is 1. The highest BCUT2D eigenvalue weighted by atomic mass is 16.5. The third-order valence-electron chi connectivity index (χ3n) is 3.40. The number of benzene rings is 2. The second-order valence-corrected chi connectivity index (χ2v) is 5.15. The molecule has 0 aromatic heterocycles. The Balaban J connectivity index is 1.93. The van der Waals surface area contributed by atoms with Gasteiger partial charge in [0.15, 0.2) is 0 Å². The van der Waals surface area contributed by atoms with Gasteiger partial charge in [0.25, 0.3) is 0 Å². The summed E-state index contributed by atoms with van der Waals surface area (Å²) in [6, 6.07) is 13.1. The monoisotopic (exact) mass is 300 g/mol. The molecule has 0 fully saturated rings. The van der Waals surface area contributed by atoms with Crippen LogP contribution in [0.5, 0.6) is 0 Å². The molecule has 0 heterocycles. The summed E-state index contributed by atoms with van der Waals surface area (Å²) in [5.41, 5.74) is 6.12. The minimum Gasteiger partial charge on any atom is -0.445 e. The molecule has 3 N–H and O–H groups in total. The summed E-state index contributed by atoms with van der Waals surface area (Å²) in [5.74, 6) is -0.551. The lowest BCUT2D eigenvalue weighted by molar-refractivity contribution is -0.120. The molecule has 2 aromatic rings. The molecule has 22 heavy (non-hydrogen) atoms. The van der Waals surface area contributed by atoms with Crippen molar-refractivity contribution < 1.29 is 14.3 Å². The second-order valence-electron chi connectivity index (χ2n) is 5.15. The van der Waals surface area contributed by atoms with E-state index in [2.05, 4.69) is 5.32 Å². The van der Waals surface area contributed by atoms with E-state index in [0.717, 1.165) is 22.8 Å². The van der Waals surface area contributed by atoms with Crippen molar-refractivity contribution in [1.82, 2.24) is 5.32 Å². The lowest BCUT2D eigenvalue weighted by atomic mass is 10.1. The first-order chi connectivity index (χ1) is 10.6. The Morgan fingerprint density at radius 1 is 1.18 bits per heavy atom. The summed E-state index contributed by atoms with van der Waals surface area (Å²) in [6.07, 6.45) is 0.615. The molecule has 2 rings (SSSR count). The van der Waals surface area contributed by atoms with Crippen molar-refractivity contribution in [2.75, 3.05) is 0 Å². The number of amides is 2. The van der Waals surface area contributed by atoms with Crippen molar-refractivity contribution in [3.05, 3.63) is 48.0 Å². The van der Waals surface area contributed by atoms with Crippen LogP contribution in [-0.4, -0.2) is 18.0 Å². The topological polar surface area (TPSA) is 81.4 Å². The molecule has 0 spiro atoms. The SMILES string of the molecule is CCCC(NC(=O)OCc1ccc2ccccc2c1)C(N)=O. The zero-order valence-corrected chi connectivity index (χ0v) is 12.5. The first-order valence-electron chi connectivity index (χ1n) is 7.30. The molecule has 116 valence electrons. The number of hydrogen-bond donors (Lipinski definition) is 2. The Labute approximate surface area is 129 Å². The number of nitrogens with one attached hydrogen (secondary N) is 1. The van der Waals surface area contributed by atoms with Gasteiger partial charge in [-0.05, 0) is 28.8 Å². The molecular weight excluding hydrogens is 280 g/mol. The van der Waals surface area contributed by atoms with E-state index in [1.54, 1.807) is 0 Å². The molecular formula is C17H20N2O3. The predicted molar refractivity (Wildman–Crippen MR) is 85.2 cm³/mol. The number of hydrogen-bond acceptors (Lipinski definition) is 3. The number of carbonyl (C=O) groups excluding carboxylic acids is 2. The number of rotatable bonds is 6. The summed E-state index contributed by atoms with van der Waals surface area (Å²) < 4.78 is 5.15. The van der Waals surface area contributed by atoms with Crippen LogP contribution < -0.4 is 11.1 Å². The van der Waals surface area contributed by atoms with Crippen LogP contribution in [0.1, 0.15) is 25.3 Å². The van der Waals surface area contributed by atoms with Crippen LogP contribution in [0.15, 0.2) is 42.5 Å². The zero-order chi connectivity index (χ0) is 15.9. The van der Waals surface area contributed by atoms with Crippen LogP contribution >= 0.6 is 0 Å². The number of ether oxygens (including phenoxy) is 1. The smallest absolute Gasteiger partial charge is 0.408 e. The molecule has 2 amide bonds. The standard InChI is InChI=1S/C17H20N2O3/c1-2-5-15(16(18)20)19-17(21)22-11-12-8-9-13-6-3-4-7-14(13)10-12/h3-4,6-10,15H,2,5,11H2,1H3,(H2,18,20)(H,19,21). The van der Waals surface area contributed by atoms with Crippen molar-refractivity contribution in [3.8, 4) is 0 Å². The maximum Gasteiger partial charge on any atom is 0.408 e. The largest absolute Gasteiger partial charge is 0.445 e. The van der Waals surface area contributed by atoms with Gasteiger partial charge in [-0.1, -0.05) is 49.7 Å². The minimum absolute atomic E-state index is 0.147. The quantitative estimate of drug-likeness (QED) is 0.860. The molecule has 0 saturated carbocycles. The van der Waals surface area contributed by atoms with Gasteiger partial charge in [-0.15, -0.1) is 0 Å². The Morgan fingerprint density at radius 3 is 2.59 bits per heavy atom. The summed E-state index contributed by atoms with van der Waals surface area (Å²) >= 11 is 0. The van der Waals surface area contributed by atoms with Crippen LogP contribution in [0.4, 0.5) is 4.79 Å². The molecule has 1 atom stereocenters. The van der Waals surface area contributed by atoms with Gasteiger partial charge in [-0.2, -0.15) is 0 Å². The van der Waals surface area contributed by atoms with E-state index in [9.17, 15) is 9.59 Å². The first-order valence-corrected chi connectivity index (χ1v) is 7.30. The predicted octanol–water partition coefficient (Wildman–Crippen LogP) is 2.72. The van der Waals surface area contributed by atoms with E-state index in [1.165, 1.54) is 0 Å². The molecule has 0 aliphatic rings. The van der Waals surface area contributed by atoms with Gasteiger partial charge in [0.05, 0.1) is 0 Å². The number of alkyl carbamates (subject to hydrolysis) is 1. The summed E-state index contributed by atoms with van der Waals surface area (Å²) in [6.45, 7) is 2.06. The number of fused-ring (bicyclic) bond motifs is 1. The third-order valence-corrected chi connectivity index (χ3v) is 3.40. The molecule has 0 saturated heterocycles. The lowest BCUT2D eigenvalue weighted by Gasteiger charge is -2.14. The molecule has 0 aliphatic heterocycles. The van der Waals surface area contributed by atoms with Crippen molar-refractivity contribution >= 4 is 22.8 Å². The Kier molecular flexibility index (Phi) is 5.36. The fourth-order valence-corrected chi connectivity index (χ4v) is 2.24. The molecule has 5 heteroatoms. The van der Waals surface area contributed by atoms with Crippen molar-refractivity contribution in [1.29, 1.82) is 0 Å². The first kappa shape index (κ1) is 15.8. The van der Waals surface area contributed by atoms with Crippen molar-refractivity contribution in [2.24, 2.45) is 5.73 Å². The molecule has 0 radical (unpaired) electrons. The number of carbonyl (C=O) groups is 2. The summed E-state index contributed by atoms with van der Waals surface area (Å²) in [7, 11) is 0. The van der Waals surface area contributed by atoms with E-state index in [1.807, 2.05) is 49.4 Å². The van der Waals surface area contributed by atoms with Gasteiger partial charge >= 0.3 is 6.09 Å². The van der Waals surface area contributed by atoms with Crippen molar-refractivity contribution in [2.45, 2.75) is 32.4 Å². The van der Waals surface area contributed by atoms with Gasteiger partial charge < -0.3 is 15.8 Å². The van der Waals surface area contributed by atoms with Gasteiger partial charge in [-0.25, -0.2) is 4.79 Å². The van der Waals surface area contributed by atoms with Gasteiger partial charge in [-0.3, -0.25) is 4.79 Å². The second kappa shape index (κ2) is 7.45. The van der Waals surface area contributed by atoms with E-state index >= 15 is 0 Å². The van der Waals surface area contributed by atoms with Gasteiger partial charge in [0, 0.05) is 0 Å². The minimum atomic E-state index is -0.686. The summed E-state index contributed by atoms with van der Waals surface area (Å²) in [4.78, 5) is 22.9. The van der Waals surface area contributed by atoms with E-state index in [4.69, 9.17) is 10.5 Å². The van der Waals surface area contributed by atoms with Crippen LogP contribution in [0, 0.1) is 0 Å². The molecule has 0 aliphatic carbocycles. The van der Waals surface area contributed by atoms with E-state index < -0.39 is 18.0 Å². The maximum absolute atomic E-state index is 11.7. The van der Waals surface area contributed by atoms with Crippen LogP contribution in [0.25, 0.3) is 10.8 Å². The Bertz CT molecular complexity index is 670. The highest BCUT2D eigenvalue weighted by molar-refractivity contribution is 5.84. The fraction of sp³-hybridized carbons (Fsp3) is 0.294. The Morgan fingerprint density at radius 2 is 1.91 bits per heavy atom. The highest BCUT2D eigenvalue weighted by Gasteiger charge is 2.17. The van der Waals surface area contributed by atoms with E-state index in [0.29, 0.717) is 6.42 Å². The highest BCUT2D eigenvalue weighted by Crippen LogP contribution is 2.16. The number of primary amides is 1. The summed E-state index contributed by atoms with van der Waals surface area (Å²) in [5, 5.41) is 4.71. The van der Waals surface area contributed by atoms with Crippen molar-refractivity contribution in [3.63, 3.8) is 0 Å². The van der Waals surface area contributed by atoms with Gasteiger partial charge in [0.1, 0.15) is 12.6 Å². The average Bonchev–Trinajstić information content (AvgIpc) is 2.52. The van der Waals surface area contributed by atoms with Crippen LogP contribution in [0.3, 0.4) is 0 Å². The Hall–Kier alpha value is -2.56. The zero-order valence-electron chi connectivity index (χ0n) is 12.5. The molecule has 5 nitrogen and oxygen atoms in total. The lowest BCUT2D eigenvalue weighted by Crippen LogP contribution is -2.44.